The summed E-state index contributed by atoms with van der Waals surface area (Å²) in [5, 5.41) is 4.34. The predicted molar refractivity (Wildman–Crippen MR) is 91.9 cm³/mol. The Morgan fingerprint density at radius 1 is 1.14 bits per heavy atom. The number of piperazine rings is 1. The molecule has 1 aliphatic rings. The minimum Gasteiger partial charge on any atom is -0.367 e. The number of hydrogen-bond donors (Lipinski definition) is 0. The Morgan fingerprint density at radius 3 is 2.45 bits per heavy atom. The summed E-state index contributed by atoms with van der Waals surface area (Å²) >= 11 is 3.47. The van der Waals surface area contributed by atoms with Crippen LogP contribution in [0.5, 0.6) is 0 Å². The van der Waals surface area contributed by atoms with Crippen molar-refractivity contribution in [2.24, 2.45) is 0 Å². The SMILES string of the molecule is CCN1CCN(c2cnn(-c3ccccc3)c(=O)c2Br)CC1. The summed E-state index contributed by atoms with van der Waals surface area (Å²) < 4.78 is 2.01. The zero-order valence-corrected chi connectivity index (χ0v) is 14.2. The van der Waals surface area contributed by atoms with Crippen LogP contribution in [0, 0.1) is 0 Å². The van der Waals surface area contributed by atoms with E-state index in [1.807, 2.05) is 30.3 Å². The molecule has 0 spiro atoms. The van der Waals surface area contributed by atoms with Gasteiger partial charge in [0.1, 0.15) is 4.47 Å². The molecular weight excluding hydrogens is 344 g/mol. The van der Waals surface area contributed by atoms with Crippen LogP contribution >= 0.6 is 15.9 Å². The van der Waals surface area contributed by atoms with E-state index in [0.29, 0.717) is 4.47 Å². The number of likely N-dealkylation sites (N-methyl/N-ethyl adjacent to an activating group) is 1. The smallest absolute Gasteiger partial charge is 0.287 e. The van der Waals surface area contributed by atoms with Gasteiger partial charge in [-0.15, -0.1) is 0 Å². The van der Waals surface area contributed by atoms with E-state index in [9.17, 15) is 4.79 Å². The average Bonchev–Trinajstić information content (AvgIpc) is 2.58. The molecule has 116 valence electrons. The average molecular weight is 363 g/mol. The lowest BCUT2D eigenvalue weighted by molar-refractivity contribution is 0.271. The van der Waals surface area contributed by atoms with Crippen LogP contribution in [-0.4, -0.2) is 47.4 Å². The molecule has 6 heteroatoms. The fraction of sp³-hybridized carbons (Fsp3) is 0.375. The van der Waals surface area contributed by atoms with Crippen molar-refractivity contribution in [3.63, 3.8) is 0 Å². The van der Waals surface area contributed by atoms with Crippen LogP contribution in [0.4, 0.5) is 5.69 Å². The zero-order chi connectivity index (χ0) is 15.5. The molecule has 0 amide bonds. The monoisotopic (exact) mass is 362 g/mol. The Kier molecular flexibility index (Phi) is 4.59. The summed E-state index contributed by atoms with van der Waals surface area (Å²) in [6.07, 6.45) is 1.78. The number of para-hydroxylation sites is 1. The van der Waals surface area contributed by atoms with Gasteiger partial charge in [-0.05, 0) is 34.6 Å². The molecule has 0 atom stereocenters. The quantitative estimate of drug-likeness (QED) is 0.838. The van der Waals surface area contributed by atoms with Gasteiger partial charge in [0.2, 0.25) is 0 Å². The minimum absolute atomic E-state index is 0.123. The summed E-state index contributed by atoms with van der Waals surface area (Å²) in [5.74, 6) is 0. The van der Waals surface area contributed by atoms with Crippen LogP contribution in [0.15, 0.2) is 45.8 Å². The number of benzene rings is 1. The highest BCUT2D eigenvalue weighted by Crippen LogP contribution is 2.23. The standard InChI is InChI=1S/C16H19BrN4O/c1-2-19-8-10-20(11-9-19)14-12-18-21(16(22)15(14)17)13-6-4-3-5-7-13/h3-7,12H,2,8-11H2,1H3. The minimum atomic E-state index is -0.123. The maximum atomic E-state index is 12.6. The Balaban J connectivity index is 1.89. The van der Waals surface area contributed by atoms with Crippen molar-refractivity contribution in [1.82, 2.24) is 14.7 Å². The molecule has 0 bridgehead atoms. The Morgan fingerprint density at radius 2 is 1.82 bits per heavy atom. The molecule has 5 nitrogen and oxygen atoms in total. The first-order valence-electron chi connectivity index (χ1n) is 7.51. The lowest BCUT2D eigenvalue weighted by atomic mass is 10.3. The fourth-order valence-corrected chi connectivity index (χ4v) is 3.22. The topological polar surface area (TPSA) is 41.4 Å². The van der Waals surface area contributed by atoms with Crippen molar-refractivity contribution in [3.8, 4) is 5.69 Å². The van der Waals surface area contributed by atoms with Gasteiger partial charge >= 0.3 is 0 Å². The third kappa shape index (κ3) is 2.94. The zero-order valence-electron chi connectivity index (χ0n) is 12.6. The van der Waals surface area contributed by atoms with E-state index in [0.717, 1.165) is 44.1 Å². The molecule has 1 saturated heterocycles. The van der Waals surface area contributed by atoms with Gasteiger partial charge in [0.15, 0.2) is 0 Å². The summed E-state index contributed by atoms with van der Waals surface area (Å²) in [7, 11) is 0. The van der Waals surface area contributed by atoms with E-state index in [1.54, 1.807) is 6.20 Å². The molecule has 3 rings (SSSR count). The highest BCUT2D eigenvalue weighted by atomic mass is 79.9. The normalized spacial score (nSPS) is 16.0. The number of anilines is 1. The molecule has 0 aliphatic carbocycles. The number of nitrogens with zero attached hydrogens (tertiary/aromatic N) is 4. The molecule has 22 heavy (non-hydrogen) atoms. The van der Waals surface area contributed by atoms with Crippen LogP contribution in [-0.2, 0) is 0 Å². The third-order valence-electron chi connectivity index (χ3n) is 4.06. The van der Waals surface area contributed by atoms with Crippen LogP contribution in [0.2, 0.25) is 0 Å². The molecule has 1 fully saturated rings. The highest BCUT2D eigenvalue weighted by molar-refractivity contribution is 9.10. The molecule has 1 aromatic carbocycles. The largest absolute Gasteiger partial charge is 0.367 e. The van der Waals surface area contributed by atoms with Crippen LogP contribution < -0.4 is 10.5 Å². The lowest BCUT2D eigenvalue weighted by Crippen LogP contribution is -2.46. The van der Waals surface area contributed by atoms with Gasteiger partial charge in [-0.2, -0.15) is 9.78 Å². The van der Waals surface area contributed by atoms with Gasteiger partial charge in [0.05, 0.1) is 17.6 Å². The molecule has 0 N–H and O–H groups in total. The van der Waals surface area contributed by atoms with E-state index in [2.05, 4.69) is 37.8 Å². The molecule has 0 saturated carbocycles. The van der Waals surface area contributed by atoms with Crippen molar-refractivity contribution in [2.45, 2.75) is 6.92 Å². The van der Waals surface area contributed by atoms with Gasteiger partial charge < -0.3 is 9.80 Å². The van der Waals surface area contributed by atoms with Gasteiger partial charge in [-0.3, -0.25) is 4.79 Å². The van der Waals surface area contributed by atoms with E-state index in [1.165, 1.54) is 4.68 Å². The van der Waals surface area contributed by atoms with E-state index in [-0.39, 0.29) is 5.56 Å². The first-order chi connectivity index (χ1) is 10.7. The Labute approximate surface area is 138 Å². The Bertz CT molecular complexity index is 693. The van der Waals surface area contributed by atoms with Crippen molar-refractivity contribution >= 4 is 21.6 Å². The molecule has 2 aromatic rings. The summed E-state index contributed by atoms with van der Waals surface area (Å²) in [4.78, 5) is 17.2. The number of rotatable bonds is 3. The number of hydrogen-bond acceptors (Lipinski definition) is 4. The van der Waals surface area contributed by atoms with E-state index in [4.69, 9.17) is 0 Å². The van der Waals surface area contributed by atoms with Crippen molar-refractivity contribution < 1.29 is 0 Å². The lowest BCUT2D eigenvalue weighted by Gasteiger charge is -2.35. The van der Waals surface area contributed by atoms with Crippen molar-refractivity contribution in [1.29, 1.82) is 0 Å². The predicted octanol–water partition coefficient (Wildman–Crippen LogP) is 2.14. The maximum Gasteiger partial charge on any atom is 0.287 e. The van der Waals surface area contributed by atoms with Gasteiger partial charge in [-0.1, -0.05) is 25.1 Å². The fourth-order valence-electron chi connectivity index (χ4n) is 2.70. The van der Waals surface area contributed by atoms with Crippen LogP contribution in [0.3, 0.4) is 0 Å². The number of aromatic nitrogens is 2. The third-order valence-corrected chi connectivity index (χ3v) is 4.81. The first kappa shape index (κ1) is 15.2. The molecular formula is C16H19BrN4O. The van der Waals surface area contributed by atoms with Gasteiger partial charge in [0.25, 0.3) is 5.56 Å². The summed E-state index contributed by atoms with van der Waals surface area (Å²) in [6.45, 7) is 7.12. The van der Waals surface area contributed by atoms with E-state index < -0.39 is 0 Å². The summed E-state index contributed by atoms with van der Waals surface area (Å²) in [6, 6.07) is 9.47. The van der Waals surface area contributed by atoms with Crippen molar-refractivity contribution in [2.75, 3.05) is 37.6 Å². The van der Waals surface area contributed by atoms with Crippen LogP contribution in [0.25, 0.3) is 5.69 Å². The second kappa shape index (κ2) is 6.62. The molecule has 0 radical (unpaired) electrons. The van der Waals surface area contributed by atoms with Gasteiger partial charge in [0, 0.05) is 26.2 Å². The second-order valence-electron chi connectivity index (χ2n) is 5.32. The maximum absolute atomic E-state index is 12.6. The summed E-state index contributed by atoms with van der Waals surface area (Å²) in [5.41, 5.74) is 1.53. The molecule has 1 aromatic heterocycles. The highest BCUT2D eigenvalue weighted by Gasteiger charge is 2.20. The molecule has 0 unspecified atom stereocenters. The Hall–Kier alpha value is -1.66. The van der Waals surface area contributed by atoms with Crippen LogP contribution in [0.1, 0.15) is 6.92 Å². The van der Waals surface area contributed by atoms with E-state index >= 15 is 0 Å². The first-order valence-corrected chi connectivity index (χ1v) is 8.30. The van der Waals surface area contributed by atoms with Gasteiger partial charge in [-0.25, -0.2) is 0 Å². The molecule has 2 heterocycles. The second-order valence-corrected chi connectivity index (χ2v) is 6.11. The van der Waals surface area contributed by atoms with Crippen molar-refractivity contribution in [3.05, 3.63) is 51.4 Å². The molecule has 1 aliphatic heterocycles. The number of halogens is 1.